The van der Waals surface area contributed by atoms with Crippen LogP contribution < -0.4 is 5.32 Å². The second kappa shape index (κ2) is 12.2. The van der Waals surface area contributed by atoms with Crippen LogP contribution in [0.4, 0.5) is 4.79 Å². The van der Waals surface area contributed by atoms with Gasteiger partial charge in [-0.05, 0) is 56.9 Å². The summed E-state index contributed by atoms with van der Waals surface area (Å²) in [6.07, 6.45) is 5.53. The van der Waals surface area contributed by atoms with Crippen LogP contribution in [0.3, 0.4) is 0 Å². The highest BCUT2D eigenvalue weighted by atomic mass is 16.5. The first-order valence-electron chi connectivity index (χ1n) is 13.0. The monoisotopic (exact) mass is 488 g/mol. The number of piperidine rings is 1. The smallest absolute Gasteiger partial charge is 0.408 e. The maximum Gasteiger partial charge on any atom is 0.408 e. The SMILES string of the molecule is COC[C@H]1CCCN(C(=O)[C@@H](NC(=O)OCc2ccccc2)[C@@H](C)OCC23CCC(CC2)OC3)C1. The van der Waals surface area contributed by atoms with Gasteiger partial charge < -0.3 is 29.2 Å². The molecule has 194 valence electrons. The number of benzene rings is 1. The second-order valence-electron chi connectivity index (χ2n) is 10.5. The van der Waals surface area contributed by atoms with E-state index in [-0.39, 0.29) is 17.9 Å². The molecule has 1 aromatic carbocycles. The minimum Gasteiger partial charge on any atom is -0.445 e. The Morgan fingerprint density at radius 2 is 1.97 bits per heavy atom. The van der Waals surface area contributed by atoms with Crippen LogP contribution in [0.25, 0.3) is 0 Å². The van der Waals surface area contributed by atoms with Crippen LogP contribution in [0.2, 0.25) is 0 Å². The Morgan fingerprint density at radius 1 is 1.20 bits per heavy atom. The Hall–Kier alpha value is -2.16. The molecule has 35 heavy (non-hydrogen) atoms. The number of alkyl carbamates (subject to hydrolysis) is 1. The molecule has 0 radical (unpaired) electrons. The van der Waals surface area contributed by atoms with E-state index in [1.54, 1.807) is 7.11 Å². The van der Waals surface area contributed by atoms with Crippen LogP contribution in [0.15, 0.2) is 30.3 Å². The maximum absolute atomic E-state index is 13.6. The predicted molar refractivity (Wildman–Crippen MR) is 131 cm³/mol. The van der Waals surface area contributed by atoms with E-state index >= 15 is 0 Å². The highest BCUT2D eigenvalue weighted by molar-refractivity contribution is 5.86. The number of fused-ring (bicyclic) bond motifs is 3. The lowest BCUT2D eigenvalue weighted by molar-refractivity contribution is -0.156. The molecule has 0 unspecified atom stereocenters. The molecule has 4 aliphatic rings. The molecular formula is C27H40N2O6. The maximum atomic E-state index is 13.6. The van der Waals surface area contributed by atoms with Crippen molar-refractivity contribution in [2.75, 3.05) is 40.0 Å². The highest BCUT2D eigenvalue weighted by Crippen LogP contribution is 2.43. The van der Waals surface area contributed by atoms with Gasteiger partial charge in [-0.1, -0.05) is 30.3 Å². The van der Waals surface area contributed by atoms with Gasteiger partial charge in [0.1, 0.15) is 12.6 Å². The first-order chi connectivity index (χ1) is 17.0. The number of likely N-dealkylation sites (tertiary alicyclic amines) is 1. The summed E-state index contributed by atoms with van der Waals surface area (Å²) in [6, 6.07) is 8.67. The highest BCUT2D eigenvalue weighted by Gasteiger charge is 2.43. The summed E-state index contributed by atoms with van der Waals surface area (Å²) in [5.41, 5.74) is 0.902. The van der Waals surface area contributed by atoms with E-state index in [1.165, 1.54) is 0 Å². The van der Waals surface area contributed by atoms with Gasteiger partial charge in [0.15, 0.2) is 0 Å². The average molecular weight is 489 g/mol. The van der Waals surface area contributed by atoms with Crippen LogP contribution in [-0.2, 0) is 30.3 Å². The van der Waals surface area contributed by atoms with Crippen LogP contribution in [-0.4, -0.2) is 75.2 Å². The number of carbonyl (C=O) groups is 2. The molecule has 3 heterocycles. The molecule has 3 aliphatic heterocycles. The van der Waals surface area contributed by atoms with Gasteiger partial charge in [-0.15, -0.1) is 0 Å². The Balaban J connectivity index is 1.39. The lowest BCUT2D eigenvalue weighted by atomic mass is 9.72. The summed E-state index contributed by atoms with van der Waals surface area (Å²) in [4.78, 5) is 28.2. The zero-order chi connectivity index (χ0) is 24.7. The van der Waals surface area contributed by atoms with Gasteiger partial charge >= 0.3 is 6.09 Å². The van der Waals surface area contributed by atoms with Crippen molar-refractivity contribution in [1.29, 1.82) is 0 Å². The largest absolute Gasteiger partial charge is 0.445 e. The van der Waals surface area contributed by atoms with Crippen molar-refractivity contribution < 1.29 is 28.5 Å². The number of nitrogens with one attached hydrogen (secondary N) is 1. The van der Waals surface area contributed by atoms with Gasteiger partial charge in [-0.25, -0.2) is 4.79 Å². The molecule has 0 aromatic heterocycles. The minimum absolute atomic E-state index is 0.0130. The van der Waals surface area contributed by atoms with Gasteiger partial charge in [0.05, 0.1) is 32.0 Å². The van der Waals surface area contributed by atoms with E-state index in [9.17, 15) is 9.59 Å². The molecule has 4 fully saturated rings. The third kappa shape index (κ3) is 6.96. The Labute approximate surface area is 208 Å². The standard InChI is InChI=1S/C27H40N2O6/c1-20(34-18-27-12-10-23(11-13-27)35-19-27)24(25(30)29-14-6-9-22(15-29)16-32-2)28-26(31)33-17-21-7-4-3-5-8-21/h3-5,7-8,20,22-24H,6,9-19H2,1-2H3,(H,28,31)/t20-,22+,23?,24+,27?/m1/s1. The van der Waals surface area contributed by atoms with E-state index in [1.807, 2.05) is 42.2 Å². The minimum atomic E-state index is -0.822. The number of rotatable bonds is 10. The van der Waals surface area contributed by atoms with E-state index in [0.717, 1.165) is 44.1 Å². The van der Waals surface area contributed by atoms with Crippen molar-refractivity contribution >= 4 is 12.0 Å². The van der Waals surface area contributed by atoms with Crippen molar-refractivity contribution in [3.8, 4) is 0 Å². The molecule has 0 spiro atoms. The van der Waals surface area contributed by atoms with Gasteiger partial charge in [0.2, 0.25) is 5.91 Å². The lowest BCUT2D eigenvalue weighted by Crippen LogP contribution is -2.57. The van der Waals surface area contributed by atoms with Crippen LogP contribution in [0.1, 0.15) is 51.0 Å². The number of hydrogen-bond acceptors (Lipinski definition) is 6. The van der Waals surface area contributed by atoms with Gasteiger partial charge in [-0.2, -0.15) is 0 Å². The van der Waals surface area contributed by atoms with Crippen molar-refractivity contribution in [3.05, 3.63) is 35.9 Å². The molecule has 3 saturated heterocycles. The van der Waals surface area contributed by atoms with Crippen LogP contribution in [0.5, 0.6) is 0 Å². The van der Waals surface area contributed by atoms with Gasteiger partial charge in [-0.3, -0.25) is 4.79 Å². The number of nitrogens with zero attached hydrogens (tertiary/aromatic N) is 1. The predicted octanol–water partition coefficient (Wildman–Crippen LogP) is 3.53. The summed E-state index contributed by atoms with van der Waals surface area (Å²) in [7, 11) is 1.69. The average Bonchev–Trinajstić information content (AvgIpc) is 2.91. The number of ether oxygens (including phenoxy) is 4. The van der Waals surface area contributed by atoms with Crippen molar-refractivity contribution in [2.45, 2.75) is 70.3 Å². The zero-order valence-corrected chi connectivity index (χ0v) is 21.1. The van der Waals surface area contributed by atoms with E-state index in [2.05, 4.69) is 5.32 Å². The number of methoxy groups -OCH3 is 1. The van der Waals surface area contributed by atoms with E-state index in [4.69, 9.17) is 18.9 Å². The van der Waals surface area contributed by atoms with Crippen molar-refractivity contribution in [1.82, 2.24) is 10.2 Å². The van der Waals surface area contributed by atoms with Gasteiger partial charge in [0.25, 0.3) is 0 Å². The normalized spacial score (nSPS) is 27.8. The molecular weight excluding hydrogens is 448 g/mol. The molecule has 1 aromatic rings. The zero-order valence-electron chi connectivity index (χ0n) is 21.1. The van der Waals surface area contributed by atoms with Crippen LogP contribution in [0, 0.1) is 11.3 Å². The van der Waals surface area contributed by atoms with E-state index < -0.39 is 18.2 Å². The van der Waals surface area contributed by atoms with Crippen molar-refractivity contribution in [2.24, 2.45) is 11.3 Å². The third-order valence-electron chi connectivity index (χ3n) is 7.73. The summed E-state index contributed by atoms with van der Waals surface area (Å²) in [5.74, 6) is 0.170. The molecule has 1 aliphatic carbocycles. The Bertz CT molecular complexity index is 810. The van der Waals surface area contributed by atoms with Crippen LogP contribution >= 0.6 is 0 Å². The summed E-state index contributed by atoms with van der Waals surface area (Å²) >= 11 is 0. The molecule has 2 amide bonds. The fourth-order valence-electron chi connectivity index (χ4n) is 5.51. The number of amides is 2. The quantitative estimate of drug-likeness (QED) is 0.542. The molecule has 8 nitrogen and oxygen atoms in total. The molecule has 3 atom stereocenters. The number of hydrogen-bond donors (Lipinski definition) is 1. The molecule has 5 rings (SSSR count). The molecule has 2 bridgehead atoms. The Morgan fingerprint density at radius 3 is 2.66 bits per heavy atom. The summed E-state index contributed by atoms with van der Waals surface area (Å²) in [6.45, 7) is 5.15. The second-order valence-corrected chi connectivity index (χ2v) is 10.5. The van der Waals surface area contributed by atoms with Crippen molar-refractivity contribution in [3.63, 3.8) is 0 Å². The first-order valence-corrected chi connectivity index (χ1v) is 13.0. The Kier molecular flexibility index (Phi) is 9.03. The topological polar surface area (TPSA) is 86.3 Å². The molecule has 1 N–H and O–H groups in total. The van der Waals surface area contributed by atoms with E-state index in [0.29, 0.717) is 44.9 Å². The third-order valence-corrected chi connectivity index (χ3v) is 7.73. The summed E-state index contributed by atoms with van der Waals surface area (Å²) in [5, 5.41) is 2.82. The molecule has 8 heteroatoms. The first kappa shape index (κ1) is 25.9. The lowest BCUT2D eigenvalue weighted by Gasteiger charge is -2.46. The number of carbonyl (C=O) groups excluding carboxylic acids is 2. The summed E-state index contributed by atoms with van der Waals surface area (Å²) < 4.78 is 23.0. The van der Waals surface area contributed by atoms with Gasteiger partial charge in [0, 0.05) is 25.6 Å². The fraction of sp³-hybridized carbons (Fsp3) is 0.704. The fourth-order valence-corrected chi connectivity index (χ4v) is 5.51. The molecule has 1 saturated carbocycles.